The number of aromatic nitrogens is 2. The first-order chi connectivity index (χ1) is 12.0. The number of hydrogen-bond donors (Lipinski definition) is 1. The molecule has 0 amide bonds. The Morgan fingerprint density at radius 2 is 2.04 bits per heavy atom. The van der Waals surface area contributed by atoms with E-state index in [9.17, 15) is 9.90 Å². The van der Waals surface area contributed by atoms with E-state index in [1.165, 1.54) is 16.5 Å². The summed E-state index contributed by atoms with van der Waals surface area (Å²) in [5, 5.41) is 10.5. The van der Waals surface area contributed by atoms with E-state index in [1.807, 2.05) is 24.4 Å². The summed E-state index contributed by atoms with van der Waals surface area (Å²) < 4.78 is 7.86. The maximum absolute atomic E-state index is 11.4. The fourth-order valence-electron chi connectivity index (χ4n) is 3.49. The monoisotopic (exact) mass is 372 g/mol. The summed E-state index contributed by atoms with van der Waals surface area (Å²) in [6.07, 6.45) is 11.0. The highest BCUT2D eigenvalue weighted by atomic mass is 35.5. The van der Waals surface area contributed by atoms with Crippen LogP contribution in [-0.4, -0.2) is 26.1 Å². The summed E-state index contributed by atoms with van der Waals surface area (Å²) in [7, 11) is 0. The fourth-order valence-corrected chi connectivity index (χ4v) is 3.49. The van der Waals surface area contributed by atoms with Gasteiger partial charge in [-0.3, -0.25) is 4.98 Å². The van der Waals surface area contributed by atoms with E-state index in [0.717, 1.165) is 30.3 Å². The molecule has 136 valence electrons. The average Bonchev–Trinajstić information content (AvgIpc) is 3.11. The maximum atomic E-state index is 11.4. The number of pyridine rings is 1. The van der Waals surface area contributed by atoms with Crippen LogP contribution in [-0.2, 0) is 11.2 Å². The molecule has 0 bridgehead atoms. The number of ether oxygens (including phenoxy) is 1. The molecule has 0 aromatic carbocycles. The second kappa shape index (κ2) is 6.65. The molecule has 1 aliphatic carbocycles. The molecule has 5 nitrogen and oxygen atoms in total. The Morgan fingerprint density at radius 3 is 2.73 bits per heavy atom. The molecule has 1 N–H and O–H groups in total. The summed E-state index contributed by atoms with van der Waals surface area (Å²) >= 11 is 0. The van der Waals surface area contributed by atoms with Crippen molar-refractivity contribution in [3.63, 3.8) is 0 Å². The predicted molar refractivity (Wildman–Crippen MR) is 103 cm³/mol. The topological polar surface area (TPSA) is 63.8 Å². The van der Waals surface area contributed by atoms with Gasteiger partial charge in [-0.1, -0.05) is 6.08 Å². The van der Waals surface area contributed by atoms with Crippen molar-refractivity contribution in [2.75, 3.05) is 0 Å². The minimum absolute atomic E-state index is 0. The smallest absolute Gasteiger partial charge is 0.347 e. The Kier molecular flexibility index (Phi) is 4.67. The lowest BCUT2D eigenvalue weighted by Crippen LogP contribution is -2.37. The van der Waals surface area contributed by atoms with Crippen LogP contribution in [0.5, 0.6) is 5.75 Å². The zero-order valence-electron chi connectivity index (χ0n) is 14.7. The van der Waals surface area contributed by atoms with E-state index in [-0.39, 0.29) is 12.4 Å². The van der Waals surface area contributed by atoms with Gasteiger partial charge in [0.25, 0.3) is 0 Å². The standard InChI is InChI=1S/C20H20N2O3.ClH/c1-20(2,19(23)24)25-14-11-17-18(13-7-9-21-10-8-13)15-5-3-4-6-16(15)22(17)12-14;/h6-12H,3-5H2,1-2H3,(H,23,24);1H. The second-order valence-electron chi connectivity index (χ2n) is 6.92. The van der Waals surface area contributed by atoms with Crippen molar-refractivity contribution < 1.29 is 14.6 Å². The highest BCUT2D eigenvalue weighted by Gasteiger charge is 2.30. The third kappa shape index (κ3) is 2.92. The van der Waals surface area contributed by atoms with Gasteiger partial charge >= 0.3 is 5.97 Å². The van der Waals surface area contributed by atoms with Crippen molar-refractivity contribution >= 4 is 30.0 Å². The third-order valence-corrected chi connectivity index (χ3v) is 4.75. The number of carboxylic acid groups (broad SMARTS) is 1. The number of carbonyl (C=O) groups is 1. The number of fused-ring (bicyclic) bond motifs is 3. The van der Waals surface area contributed by atoms with Gasteiger partial charge in [-0.25, -0.2) is 4.79 Å². The molecule has 3 heterocycles. The van der Waals surface area contributed by atoms with Gasteiger partial charge in [-0.2, -0.15) is 0 Å². The summed E-state index contributed by atoms with van der Waals surface area (Å²) in [5.41, 5.74) is 3.43. The molecule has 26 heavy (non-hydrogen) atoms. The van der Waals surface area contributed by atoms with Gasteiger partial charge in [0.05, 0.1) is 11.7 Å². The van der Waals surface area contributed by atoms with Crippen LogP contribution >= 0.6 is 12.4 Å². The molecule has 0 fully saturated rings. The lowest BCUT2D eigenvalue weighted by Gasteiger charge is -2.20. The van der Waals surface area contributed by atoms with Crippen molar-refractivity contribution in [2.45, 2.75) is 38.7 Å². The number of halogens is 1. The normalized spacial score (nSPS) is 13.6. The zero-order valence-corrected chi connectivity index (χ0v) is 15.5. The Morgan fingerprint density at radius 1 is 1.31 bits per heavy atom. The van der Waals surface area contributed by atoms with Gasteiger partial charge < -0.3 is 14.2 Å². The summed E-state index contributed by atoms with van der Waals surface area (Å²) in [5.74, 6) is -0.416. The van der Waals surface area contributed by atoms with E-state index in [4.69, 9.17) is 4.74 Å². The van der Waals surface area contributed by atoms with Crippen molar-refractivity contribution in [3.05, 3.63) is 47.7 Å². The van der Waals surface area contributed by atoms with Crippen LogP contribution in [0.1, 0.15) is 32.3 Å². The summed E-state index contributed by atoms with van der Waals surface area (Å²) in [4.78, 5) is 15.5. The first kappa shape index (κ1) is 18.3. The quantitative estimate of drug-likeness (QED) is 0.761. The summed E-state index contributed by atoms with van der Waals surface area (Å²) in [6, 6.07) is 5.96. The molecule has 0 atom stereocenters. The molecule has 0 aliphatic heterocycles. The van der Waals surface area contributed by atoms with E-state index >= 15 is 0 Å². The maximum Gasteiger partial charge on any atom is 0.347 e. The number of carboxylic acids is 1. The van der Waals surface area contributed by atoms with Gasteiger partial charge in [-0.15, -0.1) is 12.4 Å². The minimum Gasteiger partial charge on any atom is -0.478 e. The molecule has 4 rings (SSSR count). The van der Waals surface area contributed by atoms with Crippen LogP contribution in [0.15, 0.2) is 36.8 Å². The van der Waals surface area contributed by atoms with E-state index in [0.29, 0.717) is 5.75 Å². The molecule has 6 heteroatoms. The highest BCUT2D eigenvalue weighted by Crippen LogP contribution is 2.33. The van der Waals surface area contributed by atoms with E-state index < -0.39 is 11.6 Å². The number of nitrogens with zero attached hydrogens (tertiary/aromatic N) is 2. The van der Waals surface area contributed by atoms with Gasteiger partial charge in [0.1, 0.15) is 5.75 Å². The lowest BCUT2D eigenvalue weighted by molar-refractivity contribution is -0.152. The van der Waals surface area contributed by atoms with Crippen molar-refractivity contribution in [2.24, 2.45) is 0 Å². The van der Waals surface area contributed by atoms with Gasteiger partial charge in [-0.05, 0) is 56.4 Å². The molecule has 0 spiro atoms. The minimum atomic E-state index is -1.27. The average molecular weight is 373 g/mol. The first-order valence-corrected chi connectivity index (χ1v) is 8.47. The molecule has 3 aromatic rings. The van der Waals surface area contributed by atoms with Crippen LogP contribution in [0.25, 0.3) is 22.7 Å². The number of aliphatic carboxylic acids is 1. The molecule has 0 radical (unpaired) electrons. The van der Waals surface area contributed by atoms with Crippen LogP contribution in [0, 0.1) is 0 Å². The largest absolute Gasteiger partial charge is 0.478 e. The Hall–Kier alpha value is -2.53. The van der Waals surface area contributed by atoms with Crippen LogP contribution in [0.4, 0.5) is 0 Å². The first-order valence-electron chi connectivity index (χ1n) is 8.47. The highest BCUT2D eigenvalue weighted by molar-refractivity contribution is 5.86. The molecular weight excluding hydrogens is 352 g/mol. The Balaban J connectivity index is 0.00000196. The molecule has 0 saturated heterocycles. The third-order valence-electron chi connectivity index (χ3n) is 4.75. The molecule has 1 aliphatic rings. The van der Waals surface area contributed by atoms with Gasteiger partial charge in [0.2, 0.25) is 0 Å². The SMILES string of the molecule is CC(C)(Oc1cc2c(-c3ccncc3)c3c(n2c1)=CCCC3)C(=O)O.Cl. The van der Waals surface area contributed by atoms with E-state index in [2.05, 4.69) is 15.5 Å². The van der Waals surface area contributed by atoms with Crippen LogP contribution < -0.4 is 10.1 Å². The number of hydrogen-bond acceptors (Lipinski definition) is 3. The second-order valence-corrected chi connectivity index (χ2v) is 6.92. The Labute approximate surface area is 157 Å². The molecular formula is C20H21ClN2O3. The lowest BCUT2D eigenvalue weighted by atomic mass is 9.96. The van der Waals surface area contributed by atoms with Gasteiger partial charge in [0, 0.05) is 29.4 Å². The van der Waals surface area contributed by atoms with Crippen molar-refractivity contribution in [1.29, 1.82) is 0 Å². The van der Waals surface area contributed by atoms with Gasteiger partial charge in [0.15, 0.2) is 5.60 Å². The van der Waals surface area contributed by atoms with Crippen LogP contribution in [0.3, 0.4) is 0 Å². The molecule has 0 saturated carbocycles. The zero-order chi connectivity index (χ0) is 17.6. The molecule has 3 aromatic heterocycles. The van der Waals surface area contributed by atoms with Crippen molar-refractivity contribution in [3.8, 4) is 16.9 Å². The van der Waals surface area contributed by atoms with Crippen LogP contribution in [0.2, 0.25) is 0 Å². The summed E-state index contributed by atoms with van der Waals surface area (Å²) in [6.45, 7) is 3.12. The number of rotatable bonds is 4. The molecule has 0 unspecified atom stereocenters. The Bertz CT molecular complexity index is 1010. The van der Waals surface area contributed by atoms with Crippen molar-refractivity contribution in [1.82, 2.24) is 9.38 Å². The van der Waals surface area contributed by atoms with E-state index in [1.54, 1.807) is 26.2 Å². The predicted octanol–water partition coefficient (Wildman–Crippen LogP) is 3.50. The fraction of sp³-hybridized carbons (Fsp3) is 0.300.